The van der Waals surface area contributed by atoms with Gasteiger partial charge in [-0.3, -0.25) is 0 Å². The molecule has 4 heterocycles. The van der Waals surface area contributed by atoms with Crippen molar-refractivity contribution < 1.29 is 24.0 Å². The van der Waals surface area contributed by atoms with E-state index in [1.54, 1.807) is 7.11 Å². The Kier molecular flexibility index (Phi) is 3.19. The summed E-state index contributed by atoms with van der Waals surface area (Å²) in [7, 11) is 1.70. The van der Waals surface area contributed by atoms with E-state index < -0.39 is 17.7 Å². The minimum atomic E-state index is -0.698. The first kappa shape index (κ1) is 14.4. The largest absolute Gasteiger partial charge is 0.355 e. The number of fused-ring (bicyclic) bond motifs is 2. The first-order chi connectivity index (χ1) is 10.00. The topological polar surface area (TPSA) is 46.2 Å². The molecule has 0 N–H and O–H groups in total. The molecule has 4 saturated heterocycles. The Morgan fingerprint density at radius 3 is 2.62 bits per heavy atom. The zero-order valence-corrected chi connectivity index (χ0v) is 13.3. The highest BCUT2D eigenvalue weighted by Crippen LogP contribution is 2.60. The molecule has 5 rings (SSSR count). The van der Waals surface area contributed by atoms with Crippen molar-refractivity contribution in [1.82, 2.24) is 0 Å². The molecule has 5 heteroatoms. The molecular weight excluding hydrogens is 272 g/mol. The summed E-state index contributed by atoms with van der Waals surface area (Å²) < 4.78 is 17.9. The van der Waals surface area contributed by atoms with Gasteiger partial charge in [0.25, 0.3) is 0 Å². The number of rotatable bonds is 1. The molecule has 0 aromatic rings. The maximum Gasteiger partial charge on any atom is 0.201 e. The number of hydrogen-bond acceptors (Lipinski definition) is 5. The fourth-order valence-electron chi connectivity index (χ4n) is 5.14. The van der Waals surface area contributed by atoms with Crippen LogP contribution in [-0.2, 0) is 24.0 Å². The van der Waals surface area contributed by atoms with Crippen LogP contribution < -0.4 is 0 Å². The van der Waals surface area contributed by atoms with Crippen LogP contribution in [0.25, 0.3) is 0 Å². The van der Waals surface area contributed by atoms with Gasteiger partial charge >= 0.3 is 0 Å². The van der Waals surface area contributed by atoms with Gasteiger partial charge in [-0.15, -0.1) is 0 Å². The molecule has 120 valence electrons. The molecule has 4 aliphatic heterocycles. The van der Waals surface area contributed by atoms with Crippen LogP contribution in [0.4, 0.5) is 0 Å². The lowest BCUT2D eigenvalue weighted by atomic mass is 9.58. The predicted molar refractivity (Wildman–Crippen MR) is 73.8 cm³/mol. The van der Waals surface area contributed by atoms with Crippen LogP contribution in [0.5, 0.6) is 0 Å². The van der Waals surface area contributed by atoms with Gasteiger partial charge in [0, 0.05) is 25.4 Å². The predicted octanol–water partition coefficient (Wildman–Crippen LogP) is 2.84. The van der Waals surface area contributed by atoms with Gasteiger partial charge in [0.05, 0.1) is 0 Å². The van der Waals surface area contributed by atoms with Crippen molar-refractivity contribution in [3.8, 4) is 0 Å². The van der Waals surface area contributed by atoms with E-state index in [2.05, 4.69) is 13.8 Å². The highest BCUT2D eigenvalue weighted by Gasteiger charge is 2.69. The van der Waals surface area contributed by atoms with Gasteiger partial charge < -0.3 is 14.2 Å². The molecule has 1 saturated carbocycles. The molecule has 8 atom stereocenters. The Balaban J connectivity index is 1.79. The Morgan fingerprint density at radius 2 is 1.86 bits per heavy atom. The fourth-order valence-corrected chi connectivity index (χ4v) is 5.14. The zero-order valence-electron chi connectivity index (χ0n) is 13.3. The number of hydrogen-bond donors (Lipinski definition) is 0. The van der Waals surface area contributed by atoms with E-state index in [-0.39, 0.29) is 12.2 Å². The molecule has 0 aromatic heterocycles. The highest BCUT2D eigenvalue weighted by molar-refractivity contribution is 5.08. The number of ether oxygens (including phenoxy) is 3. The van der Waals surface area contributed by atoms with Crippen LogP contribution in [-0.4, -0.2) is 31.1 Å². The second-order valence-corrected chi connectivity index (χ2v) is 7.51. The molecule has 21 heavy (non-hydrogen) atoms. The van der Waals surface area contributed by atoms with Gasteiger partial charge in [0.1, 0.15) is 0 Å². The van der Waals surface area contributed by atoms with E-state index in [4.69, 9.17) is 24.0 Å². The highest BCUT2D eigenvalue weighted by atomic mass is 17.3. The molecule has 5 fully saturated rings. The monoisotopic (exact) mass is 298 g/mol. The van der Waals surface area contributed by atoms with Crippen LogP contribution in [0, 0.1) is 23.7 Å². The van der Waals surface area contributed by atoms with Crippen molar-refractivity contribution in [3.05, 3.63) is 0 Å². The lowest BCUT2D eigenvalue weighted by molar-refractivity contribution is -0.577. The first-order valence-electron chi connectivity index (χ1n) is 8.23. The second-order valence-electron chi connectivity index (χ2n) is 7.51. The van der Waals surface area contributed by atoms with Gasteiger partial charge in [0.2, 0.25) is 5.79 Å². The summed E-state index contributed by atoms with van der Waals surface area (Å²) in [6, 6.07) is 0. The minimum absolute atomic E-state index is 0.230. The normalized spacial score (nSPS) is 59.4. The van der Waals surface area contributed by atoms with Crippen molar-refractivity contribution in [1.29, 1.82) is 0 Å². The number of methoxy groups -OCH3 is 1. The van der Waals surface area contributed by atoms with Gasteiger partial charge in [-0.1, -0.05) is 13.8 Å². The van der Waals surface area contributed by atoms with E-state index in [0.29, 0.717) is 17.8 Å². The Labute approximate surface area is 126 Å². The van der Waals surface area contributed by atoms with E-state index >= 15 is 0 Å². The summed E-state index contributed by atoms with van der Waals surface area (Å²) in [4.78, 5) is 11.8. The lowest BCUT2D eigenvalue weighted by Gasteiger charge is -2.60. The third-order valence-electron chi connectivity index (χ3n) is 6.33. The van der Waals surface area contributed by atoms with Crippen molar-refractivity contribution in [2.24, 2.45) is 23.7 Å². The summed E-state index contributed by atoms with van der Waals surface area (Å²) in [5.41, 5.74) is -0.470. The van der Waals surface area contributed by atoms with Crippen LogP contribution in [0.3, 0.4) is 0 Å². The molecule has 0 radical (unpaired) electrons. The maximum atomic E-state index is 6.21. The average Bonchev–Trinajstić information content (AvgIpc) is 2.69. The summed E-state index contributed by atoms with van der Waals surface area (Å²) >= 11 is 0. The van der Waals surface area contributed by atoms with Crippen molar-refractivity contribution >= 4 is 0 Å². The smallest absolute Gasteiger partial charge is 0.201 e. The minimum Gasteiger partial charge on any atom is -0.355 e. The summed E-state index contributed by atoms with van der Waals surface area (Å²) in [5, 5.41) is 0. The molecule has 5 aliphatic rings. The molecule has 0 aromatic carbocycles. The van der Waals surface area contributed by atoms with Crippen molar-refractivity contribution in [2.75, 3.05) is 7.11 Å². The van der Waals surface area contributed by atoms with Crippen LogP contribution in [0.1, 0.15) is 46.5 Å². The van der Waals surface area contributed by atoms with Crippen LogP contribution >= 0.6 is 0 Å². The van der Waals surface area contributed by atoms with E-state index in [0.717, 1.165) is 19.3 Å². The first-order valence-corrected chi connectivity index (χ1v) is 8.23. The van der Waals surface area contributed by atoms with Crippen molar-refractivity contribution in [2.45, 2.75) is 70.4 Å². The van der Waals surface area contributed by atoms with Gasteiger partial charge in [-0.25, -0.2) is 9.78 Å². The van der Waals surface area contributed by atoms with E-state index in [9.17, 15) is 0 Å². The standard InChI is InChI=1S/C16H26O5/c1-9-5-6-12-10(2)13(17-4)18-14-16(12)11(9)7-8-15(3,19-14)20-21-16/h9-14H,5-8H2,1-4H3/t9?,10-,11?,12?,13+,14?,15-,16?/m1/s1. The molecule has 1 spiro atoms. The zero-order chi connectivity index (χ0) is 14.8. The van der Waals surface area contributed by atoms with Crippen LogP contribution in [0.15, 0.2) is 0 Å². The van der Waals surface area contributed by atoms with Gasteiger partial charge in [-0.2, -0.15) is 0 Å². The molecule has 5 unspecified atom stereocenters. The molecule has 5 nitrogen and oxygen atoms in total. The molecule has 0 amide bonds. The SMILES string of the molecule is CO[C@H]1OC2O[C@@]3(C)CCC4C(C)CCC([C@H]1C)C24OO3. The van der Waals surface area contributed by atoms with E-state index in [1.165, 1.54) is 6.42 Å². The van der Waals surface area contributed by atoms with Crippen LogP contribution in [0.2, 0.25) is 0 Å². The third-order valence-corrected chi connectivity index (χ3v) is 6.33. The lowest BCUT2D eigenvalue weighted by Crippen LogP contribution is -2.70. The Bertz CT molecular complexity index is 429. The third kappa shape index (κ3) is 1.81. The van der Waals surface area contributed by atoms with E-state index in [1.807, 2.05) is 6.92 Å². The molecular formula is C16H26O5. The maximum absolute atomic E-state index is 6.21. The fraction of sp³-hybridized carbons (Fsp3) is 1.00. The Morgan fingerprint density at radius 1 is 1.05 bits per heavy atom. The van der Waals surface area contributed by atoms with Crippen molar-refractivity contribution in [3.63, 3.8) is 0 Å². The van der Waals surface area contributed by atoms with Gasteiger partial charge in [0.15, 0.2) is 18.2 Å². The second kappa shape index (κ2) is 4.65. The van der Waals surface area contributed by atoms with Gasteiger partial charge in [-0.05, 0) is 38.0 Å². The summed E-state index contributed by atoms with van der Waals surface area (Å²) in [6.07, 6.45) is 3.64. The molecule has 2 bridgehead atoms. The average molecular weight is 298 g/mol. The Hall–Kier alpha value is -0.200. The summed E-state index contributed by atoms with van der Waals surface area (Å²) in [5.74, 6) is 0.953. The quantitative estimate of drug-likeness (QED) is 0.697. The molecule has 1 aliphatic carbocycles. The summed E-state index contributed by atoms with van der Waals surface area (Å²) in [6.45, 7) is 6.46.